The monoisotopic (exact) mass is 316 g/mol. The maximum Gasteiger partial charge on any atom is 0.252 e. The van der Waals surface area contributed by atoms with E-state index in [1.807, 2.05) is 38.2 Å². The van der Waals surface area contributed by atoms with Gasteiger partial charge in [-0.3, -0.25) is 4.79 Å². The minimum absolute atomic E-state index is 0.00227. The van der Waals surface area contributed by atoms with Gasteiger partial charge in [0.1, 0.15) is 0 Å². The highest BCUT2D eigenvalue weighted by atomic mass is 32.1. The van der Waals surface area contributed by atoms with Crippen molar-refractivity contribution in [1.29, 1.82) is 0 Å². The minimum atomic E-state index is 0.00227. The summed E-state index contributed by atoms with van der Waals surface area (Å²) in [5.74, 6) is 0.00227. The second-order valence-electron chi connectivity index (χ2n) is 5.57. The maximum atomic E-state index is 12.6. The number of nitrogens with one attached hydrogen (secondary N) is 2. The lowest BCUT2D eigenvalue weighted by Gasteiger charge is -2.16. The van der Waals surface area contributed by atoms with Crippen LogP contribution in [0.2, 0.25) is 0 Å². The van der Waals surface area contributed by atoms with Gasteiger partial charge >= 0.3 is 0 Å². The molecular formula is C18H24N2OS. The van der Waals surface area contributed by atoms with E-state index in [1.165, 1.54) is 15.3 Å². The molecule has 22 heavy (non-hydrogen) atoms. The first kappa shape index (κ1) is 16.7. The minimum Gasteiger partial charge on any atom is -0.345 e. The Morgan fingerprint density at radius 1 is 1.27 bits per heavy atom. The molecule has 0 fully saturated rings. The van der Waals surface area contributed by atoms with Gasteiger partial charge in [-0.2, -0.15) is 0 Å². The maximum absolute atomic E-state index is 12.6. The van der Waals surface area contributed by atoms with E-state index >= 15 is 0 Å². The van der Waals surface area contributed by atoms with Gasteiger partial charge in [-0.05, 0) is 64.0 Å². The first-order valence-corrected chi connectivity index (χ1v) is 8.45. The van der Waals surface area contributed by atoms with Crippen molar-refractivity contribution in [3.05, 3.63) is 56.8 Å². The number of amides is 1. The van der Waals surface area contributed by atoms with Gasteiger partial charge in [0.05, 0.1) is 6.04 Å². The highest BCUT2D eigenvalue weighted by Crippen LogP contribution is 2.26. The topological polar surface area (TPSA) is 41.1 Å². The van der Waals surface area contributed by atoms with Crippen LogP contribution in [0, 0.1) is 13.8 Å². The number of carbonyl (C=O) groups excluding carboxylic acids is 1. The van der Waals surface area contributed by atoms with E-state index < -0.39 is 0 Å². The van der Waals surface area contributed by atoms with Crippen LogP contribution in [0.25, 0.3) is 0 Å². The van der Waals surface area contributed by atoms with Crippen LogP contribution in [0.1, 0.15) is 44.2 Å². The quantitative estimate of drug-likeness (QED) is 0.854. The number of thiophene rings is 1. The number of benzene rings is 1. The molecule has 0 aliphatic rings. The fourth-order valence-electron chi connectivity index (χ4n) is 2.65. The van der Waals surface area contributed by atoms with Gasteiger partial charge in [-0.1, -0.05) is 18.2 Å². The molecule has 2 aromatic rings. The Kier molecular flexibility index (Phi) is 5.75. The molecule has 2 rings (SSSR count). The van der Waals surface area contributed by atoms with Crippen molar-refractivity contribution in [2.24, 2.45) is 0 Å². The normalized spacial score (nSPS) is 12.2. The first-order chi connectivity index (χ1) is 10.5. The van der Waals surface area contributed by atoms with Crippen molar-refractivity contribution < 1.29 is 4.79 Å². The number of hydrogen-bond acceptors (Lipinski definition) is 3. The number of likely N-dealkylation sites (N-methyl/N-ethyl adjacent to an activating group) is 1. The van der Waals surface area contributed by atoms with Gasteiger partial charge < -0.3 is 10.6 Å². The SMILES string of the molecule is CNCCc1ccccc1C(=O)NC(C)c1cc(C)sc1C. The van der Waals surface area contributed by atoms with Crippen LogP contribution in [0.4, 0.5) is 0 Å². The molecule has 2 N–H and O–H groups in total. The predicted octanol–water partition coefficient (Wildman–Crippen LogP) is 3.62. The number of aryl methyl sites for hydroxylation is 2. The highest BCUT2D eigenvalue weighted by molar-refractivity contribution is 7.12. The molecule has 118 valence electrons. The summed E-state index contributed by atoms with van der Waals surface area (Å²) in [6.07, 6.45) is 0.852. The zero-order chi connectivity index (χ0) is 16.1. The third-order valence-electron chi connectivity index (χ3n) is 3.80. The van der Waals surface area contributed by atoms with Crippen LogP contribution < -0.4 is 10.6 Å². The van der Waals surface area contributed by atoms with Crippen LogP contribution in [0.5, 0.6) is 0 Å². The Hall–Kier alpha value is -1.65. The average Bonchev–Trinajstić information content (AvgIpc) is 2.84. The Morgan fingerprint density at radius 2 is 2.00 bits per heavy atom. The molecule has 1 aromatic carbocycles. The van der Waals surface area contributed by atoms with E-state index in [1.54, 1.807) is 11.3 Å². The second-order valence-corrected chi connectivity index (χ2v) is 7.03. The largest absolute Gasteiger partial charge is 0.345 e. The van der Waals surface area contributed by atoms with Gasteiger partial charge in [0, 0.05) is 15.3 Å². The first-order valence-electron chi connectivity index (χ1n) is 7.63. The molecule has 0 aliphatic carbocycles. The summed E-state index contributed by atoms with van der Waals surface area (Å²) in [5.41, 5.74) is 3.07. The van der Waals surface area contributed by atoms with Crippen LogP contribution >= 0.6 is 11.3 Å². The molecule has 0 radical (unpaired) electrons. The molecule has 0 saturated heterocycles. The summed E-state index contributed by atoms with van der Waals surface area (Å²) < 4.78 is 0. The van der Waals surface area contributed by atoms with E-state index in [4.69, 9.17) is 0 Å². The fourth-order valence-corrected chi connectivity index (χ4v) is 3.67. The number of rotatable bonds is 6. The zero-order valence-corrected chi connectivity index (χ0v) is 14.5. The molecule has 1 unspecified atom stereocenters. The van der Waals surface area contributed by atoms with E-state index in [2.05, 4.69) is 30.5 Å². The Balaban J connectivity index is 2.13. The molecule has 1 heterocycles. The van der Waals surface area contributed by atoms with Crippen LogP contribution in [-0.4, -0.2) is 19.5 Å². The molecule has 1 aromatic heterocycles. The number of carbonyl (C=O) groups is 1. The third kappa shape index (κ3) is 3.96. The predicted molar refractivity (Wildman–Crippen MR) is 93.7 cm³/mol. The van der Waals surface area contributed by atoms with Crippen molar-refractivity contribution in [2.45, 2.75) is 33.2 Å². The molecule has 0 spiro atoms. The van der Waals surface area contributed by atoms with Crippen molar-refractivity contribution >= 4 is 17.2 Å². The smallest absolute Gasteiger partial charge is 0.252 e. The lowest BCUT2D eigenvalue weighted by molar-refractivity contribution is 0.0939. The molecule has 1 atom stereocenters. The Morgan fingerprint density at radius 3 is 2.64 bits per heavy atom. The summed E-state index contributed by atoms with van der Waals surface area (Å²) in [7, 11) is 1.92. The lowest BCUT2D eigenvalue weighted by atomic mass is 10.0. The molecule has 0 bridgehead atoms. The Bertz CT molecular complexity index is 648. The molecule has 4 heteroatoms. The van der Waals surface area contributed by atoms with Gasteiger partial charge in [-0.15, -0.1) is 11.3 Å². The number of hydrogen-bond donors (Lipinski definition) is 2. The highest BCUT2D eigenvalue weighted by Gasteiger charge is 2.16. The van der Waals surface area contributed by atoms with Crippen molar-refractivity contribution in [2.75, 3.05) is 13.6 Å². The molecule has 1 amide bonds. The van der Waals surface area contributed by atoms with Crippen molar-refractivity contribution in [1.82, 2.24) is 10.6 Å². The third-order valence-corrected chi connectivity index (χ3v) is 4.78. The van der Waals surface area contributed by atoms with Gasteiger partial charge in [-0.25, -0.2) is 0 Å². The fraction of sp³-hybridized carbons (Fsp3) is 0.389. The molecular weight excluding hydrogens is 292 g/mol. The average molecular weight is 316 g/mol. The molecule has 3 nitrogen and oxygen atoms in total. The summed E-state index contributed by atoms with van der Waals surface area (Å²) in [6, 6.07) is 10.0. The van der Waals surface area contributed by atoms with E-state index in [0.29, 0.717) is 0 Å². The van der Waals surface area contributed by atoms with E-state index in [9.17, 15) is 4.79 Å². The van der Waals surface area contributed by atoms with Crippen LogP contribution in [0.3, 0.4) is 0 Å². The van der Waals surface area contributed by atoms with Crippen molar-refractivity contribution in [3.63, 3.8) is 0 Å². The van der Waals surface area contributed by atoms with Gasteiger partial charge in [0.15, 0.2) is 0 Å². The van der Waals surface area contributed by atoms with Crippen LogP contribution in [0.15, 0.2) is 30.3 Å². The Labute approximate surface area is 136 Å². The van der Waals surface area contributed by atoms with Crippen molar-refractivity contribution in [3.8, 4) is 0 Å². The second kappa shape index (κ2) is 7.56. The van der Waals surface area contributed by atoms with E-state index in [-0.39, 0.29) is 11.9 Å². The zero-order valence-electron chi connectivity index (χ0n) is 13.7. The summed E-state index contributed by atoms with van der Waals surface area (Å²) in [5, 5.41) is 6.26. The molecule has 0 aliphatic heterocycles. The van der Waals surface area contributed by atoms with Crippen LogP contribution in [-0.2, 0) is 6.42 Å². The summed E-state index contributed by atoms with van der Waals surface area (Å²) in [6.45, 7) is 7.12. The van der Waals surface area contributed by atoms with Gasteiger partial charge in [0.25, 0.3) is 5.91 Å². The van der Waals surface area contributed by atoms with Gasteiger partial charge in [0.2, 0.25) is 0 Å². The summed E-state index contributed by atoms with van der Waals surface area (Å²) >= 11 is 1.78. The summed E-state index contributed by atoms with van der Waals surface area (Å²) in [4.78, 5) is 15.2. The lowest BCUT2D eigenvalue weighted by Crippen LogP contribution is -2.28. The molecule has 0 saturated carbocycles. The van der Waals surface area contributed by atoms with E-state index in [0.717, 1.165) is 24.1 Å². The standard InChI is InChI=1S/C18H24N2OS/c1-12-11-17(14(3)22-12)13(2)20-18(21)16-8-6-5-7-15(16)9-10-19-4/h5-8,11,13,19H,9-10H2,1-4H3,(H,20,21).